The first-order valence-electron chi connectivity index (χ1n) is 6.55. The van der Waals surface area contributed by atoms with Gasteiger partial charge in [-0.2, -0.15) is 0 Å². The van der Waals surface area contributed by atoms with E-state index in [1.54, 1.807) is 0 Å². The molecule has 1 heterocycles. The van der Waals surface area contributed by atoms with Gasteiger partial charge >= 0.3 is 0 Å². The Morgan fingerprint density at radius 1 is 1.44 bits per heavy atom. The van der Waals surface area contributed by atoms with Crippen molar-refractivity contribution in [1.82, 2.24) is 4.90 Å². The molecule has 1 saturated heterocycles. The van der Waals surface area contributed by atoms with Gasteiger partial charge in [0, 0.05) is 23.7 Å². The van der Waals surface area contributed by atoms with Crippen LogP contribution in [-0.4, -0.2) is 35.2 Å². The highest BCUT2D eigenvalue weighted by Crippen LogP contribution is 2.22. The summed E-state index contributed by atoms with van der Waals surface area (Å²) in [5.41, 5.74) is 7.21. The second-order valence-electron chi connectivity index (χ2n) is 5.01. The molecule has 0 aromatic heterocycles. The minimum absolute atomic E-state index is 0.0523. The molecule has 1 aliphatic heterocycles. The molecular weight excluding hydrogens is 248 g/mol. The topological polar surface area (TPSA) is 49.5 Å². The first-order valence-corrected chi connectivity index (χ1v) is 6.93. The van der Waals surface area contributed by atoms with Crippen LogP contribution in [0, 0.1) is 0 Å². The van der Waals surface area contributed by atoms with Crippen molar-refractivity contribution in [3.8, 4) is 0 Å². The lowest BCUT2D eigenvalue weighted by Crippen LogP contribution is -2.51. The zero-order chi connectivity index (χ0) is 13.0. The molecule has 3 nitrogen and oxygen atoms in total. The summed E-state index contributed by atoms with van der Waals surface area (Å²) in [5, 5.41) is 10.0. The Balaban J connectivity index is 2.05. The van der Waals surface area contributed by atoms with E-state index in [4.69, 9.17) is 17.3 Å². The van der Waals surface area contributed by atoms with Crippen LogP contribution in [0.1, 0.15) is 24.8 Å². The summed E-state index contributed by atoms with van der Waals surface area (Å²) < 4.78 is 0. The SMILES string of the molecule is NC(CO)C1CCCCN1Cc1cccc(Cl)c1. The van der Waals surface area contributed by atoms with Gasteiger partial charge in [0.25, 0.3) is 0 Å². The van der Waals surface area contributed by atoms with Crippen molar-refractivity contribution >= 4 is 11.6 Å². The standard InChI is InChI=1S/C14H21ClN2O/c15-12-5-3-4-11(8-12)9-17-7-2-1-6-14(17)13(16)10-18/h3-5,8,13-14,18H,1-2,6-7,9-10,16H2. The van der Waals surface area contributed by atoms with Crippen LogP contribution in [0.4, 0.5) is 0 Å². The van der Waals surface area contributed by atoms with Crippen molar-refractivity contribution in [2.45, 2.75) is 37.9 Å². The quantitative estimate of drug-likeness (QED) is 0.878. The molecular formula is C14H21ClN2O. The van der Waals surface area contributed by atoms with Gasteiger partial charge in [-0.3, -0.25) is 4.90 Å². The first kappa shape index (κ1) is 13.8. The van der Waals surface area contributed by atoms with E-state index in [0.717, 1.165) is 24.5 Å². The highest BCUT2D eigenvalue weighted by Gasteiger charge is 2.27. The maximum Gasteiger partial charge on any atom is 0.0597 e. The minimum atomic E-state index is -0.149. The van der Waals surface area contributed by atoms with Gasteiger partial charge in [0.05, 0.1) is 6.61 Å². The summed E-state index contributed by atoms with van der Waals surface area (Å²) in [6.07, 6.45) is 3.47. The molecule has 1 aliphatic rings. The lowest BCUT2D eigenvalue weighted by molar-refractivity contribution is 0.0944. The third kappa shape index (κ3) is 3.45. The molecule has 2 rings (SSSR count). The maximum absolute atomic E-state index is 9.24. The van der Waals surface area contributed by atoms with Crippen LogP contribution in [0.15, 0.2) is 24.3 Å². The molecule has 0 amide bonds. The Morgan fingerprint density at radius 3 is 3.00 bits per heavy atom. The van der Waals surface area contributed by atoms with Crippen LogP contribution in [0.5, 0.6) is 0 Å². The molecule has 1 fully saturated rings. The average molecular weight is 269 g/mol. The highest BCUT2D eigenvalue weighted by molar-refractivity contribution is 6.30. The number of nitrogens with two attached hydrogens (primary N) is 1. The average Bonchev–Trinajstić information content (AvgIpc) is 2.38. The van der Waals surface area contributed by atoms with E-state index in [-0.39, 0.29) is 18.7 Å². The zero-order valence-electron chi connectivity index (χ0n) is 10.6. The van der Waals surface area contributed by atoms with Gasteiger partial charge in [-0.1, -0.05) is 30.2 Å². The molecule has 2 unspecified atom stereocenters. The summed E-state index contributed by atoms with van der Waals surface area (Å²) >= 11 is 6.01. The Kier molecular flexibility index (Phi) is 5.01. The van der Waals surface area contributed by atoms with Gasteiger partial charge in [0.1, 0.15) is 0 Å². The van der Waals surface area contributed by atoms with Crippen molar-refractivity contribution in [2.24, 2.45) is 5.73 Å². The molecule has 0 radical (unpaired) electrons. The minimum Gasteiger partial charge on any atom is -0.395 e. The third-order valence-electron chi connectivity index (χ3n) is 3.64. The number of halogens is 1. The number of likely N-dealkylation sites (tertiary alicyclic amines) is 1. The van der Waals surface area contributed by atoms with Crippen LogP contribution in [0.3, 0.4) is 0 Å². The summed E-state index contributed by atoms with van der Waals surface area (Å²) in [7, 11) is 0. The van der Waals surface area contributed by atoms with Crippen molar-refractivity contribution in [2.75, 3.05) is 13.2 Å². The molecule has 1 aromatic rings. The van der Waals surface area contributed by atoms with E-state index < -0.39 is 0 Å². The van der Waals surface area contributed by atoms with E-state index in [9.17, 15) is 5.11 Å². The van der Waals surface area contributed by atoms with Gasteiger partial charge in [0.2, 0.25) is 0 Å². The largest absolute Gasteiger partial charge is 0.395 e. The van der Waals surface area contributed by atoms with E-state index in [2.05, 4.69) is 11.0 Å². The Bertz CT molecular complexity index is 386. The molecule has 3 N–H and O–H groups in total. The maximum atomic E-state index is 9.24. The first-order chi connectivity index (χ1) is 8.70. The van der Waals surface area contributed by atoms with Crippen molar-refractivity contribution in [3.05, 3.63) is 34.9 Å². The number of nitrogens with zero attached hydrogens (tertiary/aromatic N) is 1. The van der Waals surface area contributed by atoms with Crippen molar-refractivity contribution < 1.29 is 5.11 Å². The molecule has 0 saturated carbocycles. The fourth-order valence-electron chi connectivity index (χ4n) is 2.69. The smallest absolute Gasteiger partial charge is 0.0597 e. The van der Waals surface area contributed by atoms with E-state index in [1.165, 1.54) is 18.4 Å². The van der Waals surface area contributed by atoms with Gasteiger partial charge in [-0.05, 0) is 37.1 Å². The monoisotopic (exact) mass is 268 g/mol. The summed E-state index contributed by atoms with van der Waals surface area (Å²) in [6.45, 7) is 1.96. The van der Waals surface area contributed by atoms with E-state index in [0.29, 0.717) is 0 Å². The predicted molar refractivity (Wildman–Crippen MR) is 74.6 cm³/mol. The molecule has 0 bridgehead atoms. The predicted octanol–water partition coefficient (Wildman–Crippen LogP) is 2.01. The van der Waals surface area contributed by atoms with Gasteiger partial charge in [0.15, 0.2) is 0 Å². The molecule has 2 atom stereocenters. The number of aliphatic hydroxyl groups is 1. The fraction of sp³-hybridized carbons (Fsp3) is 0.571. The van der Waals surface area contributed by atoms with Crippen LogP contribution in [-0.2, 0) is 6.54 Å². The lowest BCUT2D eigenvalue weighted by atomic mass is 9.95. The van der Waals surface area contributed by atoms with Gasteiger partial charge in [-0.15, -0.1) is 0 Å². The molecule has 0 aliphatic carbocycles. The van der Waals surface area contributed by atoms with Crippen molar-refractivity contribution in [3.63, 3.8) is 0 Å². The van der Waals surface area contributed by atoms with Crippen LogP contribution in [0.2, 0.25) is 5.02 Å². The summed E-state index contributed by atoms with van der Waals surface area (Å²) in [6, 6.07) is 8.08. The molecule has 0 spiro atoms. The number of hydrogen-bond acceptors (Lipinski definition) is 3. The molecule has 100 valence electrons. The van der Waals surface area contributed by atoms with Crippen LogP contribution < -0.4 is 5.73 Å². The highest BCUT2D eigenvalue weighted by atomic mass is 35.5. The number of rotatable bonds is 4. The van der Waals surface area contributed by atoms with Crippen LogP contribution in [0.25, 0.3) is 0 Å². The summed E-state index contributed by atoms with van der Waals surface area (Å²) in [4.78, 5) is 2.37. The number of piperidine rings is 1. The third-order valence-corrected chi connectivity index (χ3v) is 3.88. The Morgan fingerprint density at radius 2 is 2.28 bits per heavy atom. The number of aliphatic hydroxyl groups excluding tert-OH is 1. The van der Waals surface area contributed by atoms with E-state index >= 15 is 0 Å². The van der Waals surface area contributed by atoms with E-state index in [1.807, 2.05) is 18.2 Å². The second kappa shape index (κ2) is 6.53. The Hall–Kier alpha value is -0.610. The lowest BCUT2D eigenvalue weighted by Gasteiger charge is -2.38. The van der Waals surface area contributed by atoms with Gasteiger partial charge < -0.3 is 10.8 Å². The molecule has 18 heavy (non-hydrogen) atoms. The fourth-order valence-corrected chi connectivity index (χ4v) is 2.90. The normalized spacial score (nSPS) is 22.9. The molecule has 4 heteroatoms. The number of benzene rings is 1. The van der Waals surface area contributed by atoms with Gasteiger partial charge in [-0.25, -0.2) is 0 Å². The van der Waals surface area contributed by atoms with Crippen molar-refractivity contribution in [1.29, 1.82) is 0 Å². The number of hydrogen-bond donors (Lipinski definition) is 2. The zero-order valence-corrected chi connectivity index (χ0v) is 11.3. The second-order valence-corrected chi connectivity index (χ2v) is 5.45. The molecule has 1 aromatic carbocycles. The summed E-state index contributed by atoms with van der Waals surface area (Å²) in [5.74, 6) is 0. The Labute approximate surface area is 114 Å². The van der Waals surface area contributed by atoms with Crippen LogP contribution >= 0.6 is 11.6 Å².